The van der Waals surface area contributed by atoms with Gasteiger partial charge < -0.3 is 15.5 Å². The third-order valence-electron chi connectivity index (χ3n) is 2.47. The van der Waals surface area contributed by atoms with Gasteiger partial charge in [0.25, 0.3) is 5.91 Å². The second kappa shape index (κ2) is 5.19. The Kier molecular flexibility index (Phi) is 3.62. The van der Waals surface area contributed by atoms with Gasteiger partial charge in [0.05, 0.1) is 5.69 Å². The van der Waals surface area contributed by atoms with Crippen molar-refractivity contribution in [3.05, 3.63) is 53.2 Å². The maximum absolute atomic E-state index is 13.7. The molecule has 0 saturated carbocycles. The number of furan rings is 1. The molecular formula is C13H11FN2O2S. The second-order valence-corrected chi connectivity index (χ2v) is 4.36. The predicted octanol–water partition coefficient (Wildman–Crippen LogP) is 2.61. The fourth-order valence-corrected chi connectivity index (χ4v) is 1.64. The number of nitrogens with one attached hydrogen (secondary N) is 1. The Hall–Kier alpha value is -2.21. The van der Waals surface area contributed by atoms with Crippen LogP contribution >= 0.6 is 12.2 Å². The van der Waals surface area contributed by atoms with E-state index in [1.165, 1.54) is 24.3 Å². The Labute approximate surface area is 114 Å². The average Bonchev–Trinajstić information content (AvgIpc) is 2.78. The molecule has 6 heteroatoms. The lowest BCUT2D eigenvalue weighted by molar-refractivity contribution is 0.0995. The van der Waals surface area contributed by atoms with Gasteiger partial charge in [0.15, 0.2) is 5.76 Å². The molecule has 1 aromatic heterocycles. The van der Waals surface area contributed by atoms with Crippen molar-refractivity contribution in [3.63, 3.8) is 0 Å². The van der Waals surface area contributed by atoms with Gasteiger partial charge in [-0.15, -0.1) is 0 Å². The van der Waals surface area contributed by atoms with Crippen LogP contribution in [0, 0.1) is 12.7 Å². The summed E-state index contributed by atoms with van der Waals surface area (Å²) in [4.78, 5) is 11.9. The Balaban J connectivity index is 2.20. The highest BCUT2D eigenvalue weighted by Crippen LogP contribution is 2.17. The zero-order chi connectivity index (χ0) is 14.0. The molecule has 0 atom stereocenters. The van der Waals surface area contributed by atoms with Gasteiger partial charge in [-0.2, -0.15) is 0 Å². The highest BCUT2D eigenvalue weighted by molar-refractivity contribution is 7.80. The topological polar surface area (TPSA) is 68.3 Å². The number of rotatable bonds is 3. The summed E-state index contributed by atoms with van der Waals surface area (Å²) in [6.07, 6.45) is 0. The molecule has 98 valence electrons. The molecule has 0 fully saturated rings. The first-order valence-electron chi connectivity index (χ1n) is 5.44. The van der Waals surface area contributed by atoms with E-state index in [-0.39, 0.29) is 16.4 Å². The number of thiocarbonyl (C=S) groups is 1. The zero-order valence-corrected chi connectivity index (χ0v) is 10.9. The van der Waals surface area contributed by atoms with Gasteiger partial charge in [-0.25, -0.2) is 4.39 Å². The second-order valence-electron chi connectivity index (χ2n) is 3.92. The Bertz CT molecular complexity index is 652. The average molecular weight is 278 g/mol. The summed E-state index contributed by atoms with van der Waals surface area (Å²) in [7, 11) is 0. The van der Waals surface area contributed by atoms with Crippen molar-refractivity contribution in [2.45, 2.75) is 6.92 Å². The summed E-state index contributed by atoms with van der Waals surface area (Å²) in [5.41, 5.74) is 5.83. The first-order chi connectivity index (χ1) is 8.97. The van der Waals surface area contributed by atoms with Gasteiger partial charge in [0.2, 0.25) is 0 Å². The lowest BCUT2D eigenvalue weighted by Gasteiger charge is -2.06. The number of aryl methyl sites for hydroxylation is 1. The molecule has 0 spiro atoms. The van der Waals surface area contributed by atoms with E-state index in [0.717, 1.165) is 0 Å². The number of halogens is 1. The molecule has 19 heavy (non-hydrogen) atoms. The lowest BCUT2D eigenvalue weighted by Crippen LogP contribution is -2.14. The molecule has 3 N–H and O–H groups in total. The van der Waals surface area contributed by atoms with Crippen LogP contribution < -0.4 is 11.1 Å². The van der Waals surface area contributed by atoms with E-state index < -0.39 is 11.7 Å². The molecule has 1 amide bonds. The van der Waals surface area contributed by atoms with Crippen molar-refractivity contribution in [1.29, 1.82) is 0 Å². The van der Waals surface area contributed by atoms with Crippen LogP contribution in [0.15, 0.2) is 34.7 Å². The van der Waals surface area contributed by atoms with Gasteiger partial charge >= 0.3 is 0 Å². The van der Waals surface area contributed by atoms with Crippen molar-refractivity contribution in [1.82, 2.24) is 0 Å². The van der Waals surface area contributed by atoms with Crippen molar-refractivity contribution in [2.24, 2.45) is 5.73 Å². The van der Waals surface area contributed by atoms with E-state index in [0.29, 0.717) is 11.3 Å². The van der Waals surface area contributed by atoms with Gasteiger partial charge in [0, 0.05) is 5.56 Å². The number of amides is 1. The number of anilines is 1. The summed E-state index contributed by atoms with van der Waals surface area (Å²) in [5, 5.41) is 2.41. The van der Waals surface area contributed by atoms with Crippen LogP contribution in [0.4, 0.5) is 10.1 Å². The molecule has 2 aromatic rings. The maximum Gasteiger partial charge on any atom is 0.291 e. The van der Waals surface area contributed by atoms with E-state index in [1.807, 2.05) is 0 Å². The molecule has 1 aromatic carbocycles. The monoisotopic (exact) mass is 278 g/mol. The molecule has 4 nitrogen and oxygen atoms in total. The molecule has 0 radical (unpaired) electrons. The number of hydrogen-bond acceptors (Lipinski definition) is 3. The minimum Gasteiger partial charge on any atom is -0.456 e. The highest BCUT2D eigenvalue weighted by Gasteiger charge is 2.13. The van der Waals surface area contributed by atoms with Crippen LogP contribution in [0.3, 0.4) is 0 Å². The lowest BCUT2D eigenvalue weighted by atomic mass is 10.2. The van der Waals surface area contributed by atoms with Crippen LogP contribution in [-0.4, -0.2) is 10.9 Å². The summed E-state index contributed by atoms with van der Waals surface area (Å²) in [5.74, 6) is -0.401. The molecule has 0 aliphatic carbocycles. The Morgan fingerprint density at radius 1 is 1.37 bits per heavy atom. The van der Waals surface area contributed by atoms with Crippen LogP contribution in [0.2, 0.25) is 0 Å². The smallest absolute Gasteiger partial charge is 0.291 e. The first kappa shape index (κ1) is 13.2. The number of hydrogen-bond donors (Lipinski definition) is 2. The van der Waals surface area contributed by atoms with Crippen molar-refractivity contribution < 1.29 is 13.6 Å². The number of carbonyl (C=O) groups is 1. The van der Waals surface area contributed by atoms with E-state index in [2.05, 4.69) is 5.32 Å². The highest BCUT2D eigenvalue weighted by atomic mass is 32.1. The summed E-state index contributed by atoms with van der Waals surface area (Å²) in [6.45, 7) is 1.72. The Morgan fingerprint density at radius 2 is 2.11 bits per heavy atom. The van der Waals surface area contributed by atoms with E-state index in [1.54, 1.807) is 13.0 Å². The third-order valence-corrected chi connectivity index (χ3v) is 2.70. The number of carbonyl (C=O) groups excluding carboxylic acids is 1. The fraction of sp³-hybridized carbons (Fsp3) is 0.0769. The third kappa shape index (κ3) is 2.97. The predicted molar refractivity (Wildman–Crippen MR) is 73.7 cm³/mol. The SMILES string of the molecule is Cc1ccc(C(=O)Nc2ccc(C(N)=S)cc2F)o1. The Morgan fingerprint density at radius 3 is 2.63 bits per heavy atom. The number of benzene rings is 1. The minimum atomic E-state index is -0.609. The molecule has 0 unspecified atom stereocenters. The van der Waals surface area contributed by atoms with Crippen LogP contribution in [0.1, 0.15) is 21.9 Å². The molecule has 0 aliphatic rings. The molecule has 2 rings (SSSR count). The molecule has 0 aliphatic heterocycles. The van der Waals surface area contributed by atoms with Gasteiger partial charge in [-0.1, -0.05) is 12.2 Å². The molecule has 0 bridgehead atoms. The zero-order valence-electron chi connectivity index (χ0n) is 10.1. The summed E-state index contributed by atoms with van der Waals surface area (Å²) < 4.78 is 18.9. The van der Waals surface area contributed by atoms with Crippen molar-refractivity contribution >= 4 is 28.8 Å². The molecular weight excluding hydrogens is 267 g/mol. The van der Waals surface area contributed by atoms with Crippen LogP contribution in [0.25, 0.3) is 0 Å². The van der Waals surface area contributed by atoms with Crippen molar-refractivity contribution in [2.75, 3.05) is 5.32 Å². The van der Waals surface area contributed by atoms with E-state index >= 15 is 0 Å². The van der Waals surface area contributed by atoms with Crippen LogP contribution in [-0.2, 0) is 0 Å². The molecule has 0 saturated heterocycles. The van der Waals surface area contributed by atoms with E-state index in [4.69, 9.17) is 22.4 Å². The molecule has 1 heterocycles. The van der Waals surface area contributed by atoms with Crippen LogP contribution in [0.5, 0.6) is 0 Å². The normalized spacial score (nSPS) is 10.2. The van der Waals surface area contributed by atoms with Crippen molar-refractivity contribution in [3.8, 4) is 0 Å². The van der Waals surface area contributed by atoms with Gasteiger partial charge in [-0.05, 0) is 37.3 Å². The maximum atomic E-state index is 13.7. The minimum absolute atomic E-state index is 0.0408. The largest absolute Gasteiger partial charge is 0.456 e. The summed E-state index contributed by atoms with van der Waals surface area (Å²) >= 11 is 4.74. The van der Waals surface area contributed by atoms with Gasteiger partial charge in [0.1, 0.15) is 16.6 Å². The quantitative estimate of drug-likeness (QED) is 0.847. The van der Waals surface area contributed by atoms with E-state index in [9.17, 15) is 9.18 Å². The standard InChI is InChI=1S/C13H11FN2O2S/c1-7-2-5-11(18-7)13(17)16-10-4-3-8(12(15)19)6-9(10)14/h2-6H,1H3,(H2,15,19)(H,16,17). The first-order valence-corrected chi connectivity index (χ1v) is 5.85. The number of nitrogens with two attached hydrogens (primary N) is 1. The van der Waals surface area contributed by atoms with Gasteiger partial charge in [-0.3, -0.25) is 4.79 Å². The summed E-state index contributed by atoms with van der Waals surface area (Å²) in [6, 6.07) is 7.28. The fourth-order valence-electron chi connectivity index (χ4n) is 1.51.